The van der Waals surface area contributed by atoms with E-state index in [-0.39, 0.29) is 0 Å². The molecule has 0 aromatic carbocycles. The lowest BCUT2D eigenvalue weighted by molar-refractivity contribution is -0.0377. The first kappa shape index (κ1) is 19.1. The van der Waals surface area contributed by atoms with E-state index in [1.807, 2.05) is 0 Å². The topological polar surface area (TPSA) is 42.6 Å². The lowest BCUT2D eigenvalue weighted by Gasteiger charge is -2.56. The molecule has 5 heteroatoms. The Labute approximate surface area is 160 Å². The number of nitrogens with zero attached hydrogens (tertiary/aromatic N) is 2. The molecule has 4 aliphatic rings. The summed E-state index contributed by atoms with van der Waals surface area (Å²) in [4.78, 5) is 5.70. The zero-order valence-electron chi connectivity index (χ0n) is 16.8. The molecule has 0 saturated carbocycles. The smallest absolute Gasteiger partial charge is 0.0276 e. The number of likely N-dealkylation sites (tertiary alicyclic amines) is 1. The van der Waals surface area contributed by atoms with Gasteiger partial charge in [-0.25, -0.2) is 0 Å². The van der Waals surface area contributed by atoms with Crippen molar-refractivity contribution in [1.82, 2.24) is 25.8 Å². The van der Waals surface area contributed by atoms with Gasteiger partial charge in [0.15, 0.2) is 0 Å². The van der Waals surface area contributed by atoms with E-state index in [0.717, 1.165) is 11.8 Å². The second-order valence-corrected chi connectivity index (χ2v) is 9.25. The molecule has 5 nitrogen and oxygen atoms in total. The summed E-state index contributed by atoms with van der Waals surface area (Å²) in [5, 5.41) is 10.7. The molecule has 4 rings (SSSR count). The van der Waals surface area contributed by atoms with Gasteiger partial charge in [-0.3, -0.25) is 4.90 Å². The Morgan fingerprint density at radius 3 is 2.12 bits per heavy atom. The predicted molar refractivity (Wildman–Crippen MR) is 109 cm³/mol. The van der Waals surface area contributed by atoms with Crippen LogP contribution in [-0.2, 0) is 0 Å². The Hall–Kier alpha value is -0.200. The third kappa shape index (κ3) is 4.44. The van der Waals surface area contributed by atoms with E-state index in [0.29, 0.717) is 5.54 Å². The Kier molecular flexibility index (Phi) is 6.87. The number of hydrogen-bond acceptors (Lipinski definition) is 5. The quantitative estimate of drug-likeness (QED) is 0.632. The monoisotopic (exact) mass is 363 g/mol. The Morgan fingerprint density at radius 2 is 1.46 bits per heavy atom. The maximum absolute atomic E-state index is 3.62. The van der Waals surface area contributed by atoms with Gasteiger partial charge < -0.3 is 20.9 Å². The molecule has 4 fully saturated rings. The van der Waals surface area contributed by atoms with Crippen LogP contribution >= 0.6 is 0 Å². The van der Waals surface area contributed by atoms with Crippen LogP contribution in [0.4, 0.5) is 0 Å². The van der Waals surface area contributed by atoms with E-state index < -0.39 is 0 Å². The summed E-state index contributed by atoms with van der Waals surface area (Å²) >= 11 is 0. The van der Waals surface area contributed by atoms with Gasteiger partial charge >= 0.3 is 0 Å². The van der Waals surface area contributed by atoms with E-state index in [9.17, 15) is 0 Å². The minimum atomic E-state index is 0.457. The summed E-state index contributed by atoms with van der Waals surface area (Å²) in [6.45, 7) is 13.8. The molecule has 4 heterocycles. The molecule has 4 saturated heterocycles. The Morgan fingerprint density at radius 1 is 0.769 bits per heavy atom. The largest absolute Gasteiger partial charge is 0.317 e. The van der Waals surface area contributed by atoms with Crippen LogP contribution < -0.4 is 16.0 Å². The van der Waals surface area contributed by atoms with Crippen molar-refractivity contribution in [3.05, 3.63) is 0 Å². The number of nitrogens with one attached hydrogen (secondary N) is 3. The van der Waals surface area contributed by atoms with E-state index in [1.54, 1.807) is 0 Å². The van der Waals surface area contributed by atoms with E-state index in [1.165, 1.54) is 117 Å². The highest BCUT2D eigenvalue weighted by molar-refractivity contribution is 5.04. The molecule has 1 atom stereocenters. The first-order valence-corrected chi connectivity index (χ1v) is 11.5. The van der Waals surface area contributed by atoms with Crippen molar-refractivity contribution in [3.8, 4) is 0 Å². The van der Waals surface area contributed by atoms with Crippen molar-refractivity contribution in [1.29, 1.82) is 0 Å². The summed E-state index contributed by atoms with van der Waals surface area (Å²) in [5.74, 6) is 1.81. The van der Waals surface area contributed by atoms with Crippen LogP contribution in [0.2, 0.25) is 0 Å². The molecule has 0 spiro atoms. The summed E-state index contributed by atoms with van der Waals surface area (Å²) in [6, 6.07) is 0. The fraction of sp³-hybridized carbons (Fsp3) is 1.00. The van der Waals surface area contributed by atoms with Gasteiger partial charge in [0.25, 0.3) is 0 Å². The minimum absolute atomic E-state index is 0.457. The molecule has 0 amide bonds. The summed E-state index contributed by atoms with van der Waals surface area (Å²) in [5.41, 5.74) is 0.457. The molecule has 0 aliphatic carbocycles. The molecule has 0 aromatic rings. The minimum Gasteiger partial charge on any atom is -0.317 e. The van der Waals surface area contributed by atoms with Crippen LogP contribution in [0.15, 0.2) is 0 Å². The first-order valence-electron chi connectivity index (χ1n) is 11.5. The van der Waals surface area contributed by atoms with Gasteiger partial charge in [-0.2, -0.15) is 0 Å². The fourth-order valence-electron chi connectivity index (χ4n) is 5.90. The highest BCUT2D eigenvalue weighted by Crippen LogP contribution is 2.41. The van der Waals surface area contributed by atoms with Gasteiger partial charge in [0.2, 0.25) is 0 Å². The molecular weight excluding hydrogens is 322 g/mol. The first-order chi connectivity index (χ1) is 12.9. The standard InChI is InChI=1S/C21H41N5/c1-2-11-26(12-3-1)21(20-17-24-18-20,16-19-4-7-22-8-5-19)6-13-25-14-9-23-10-15-25/h19-20,22-24H,1-18H2. The zero-order chi connectivity index (χ0) is 17.7. The van der Waals surface area contributed by atoms with Gasteiger partial charge in [-0.15, -0.1) is 0 Å². The molecule has 0 aromatic heterocycles. The lowest BCUT2D eigenvalue weighted by Crippen LogP contribution is -2.66. The SMILES string of the molecule is C1CCN(C(CCN2CCNCC2)(CC2CCNCC2)C2CNC2)CC1. The molecular formula is C21H41N5. The third-order valence-electron chi connectivity index (χ3n) is 7.70. The number of rotatable bonds is 7. The molecule has 150 valence electrons. The summed E-state index contributed by atoms with van der Waals surface area (Å²) in [6.07, 6.45) is 9.91. The van der Waals surface area contributed by atoms with Crippen LogP contribution in [0.25, 0.3) is 0 Å². The van der Waals surface area contributed by atoms with Crippen LogP contribution in [0.5, 0.6) is 0 Å². The number of piperidine rings is 2. The Bertz CT molecular complexity index is 409. The fourth-order valence-corrected chi connectivity index (χ4v) is 5.90. The average Bonchev–Trinajstić information content (AvgIpc) is 2.67. The van der Waals surface area contributed by atoms with Crippen LogP contribution in [0.3, 0.4) is 0 Å². The highest BCUT2D eigenvalue weighted by Gasteiger charge is 2.47. The van der Waals surface area contributed by atoms with E-state index in [4.69, 9.17) is 0 Å². The van der Waals surface area contributed by atoms with Crippen molar-refractivity contribution in [2.24, 2.45) is 11.8 Å². The van der Waals surface area contributed by atoms with Crippen LogP contribution in [-0.4, -0.2) is 87.3 Å². The maximum atomic E-state index is 3.62. The van der Waals surface area contributed by atoms with Crippen molar-refractivity contribution >= 4 is 0 Å². The van der Waals surface area contributed by atoms with Gasteiger partial charge in [0.05, 0.1) is 0 Å². The summed E-state index contributed by atoms with van der Waals surface area (Å²) < 4.78 is 0. The zero-order valence-corrected chi connectivity index (χ0v) is 16.8. The van der Waals surface area contributed by atoms with Crippen molar-refractivity contribution in [2.45, 2.75) is 50.5 Å². The molecule has 0 bridgehead atoms. The van der Waals surface area contributed by atoms with Crippen molar-refractivity contribution in [3.63, 3.8) is 0 Å². The van der Waals surface area contributed by atoms with Crippen molar-refractivity contribution < 1.29 is 0 Å². The Balaban J connectivity index is 1.49. The van der Waals surface area contributed by atoms with Gasteiger partial charge in [0, 0.05) is 57.3 Å². The van der Waals surface area contributed by atoms with Crippen LogP contribution in [0, 0.1) is 11.8 Å². The molecule has 1 unspecified atom stereocenters. The molecule has 0 radical (unpaired) electrons. The second kappa shape index (κ2) is 9.33. The van der Waals surface area contributed by atoms with Crippen molar-refractivity contribution in [2.75, 3.05) is 72.0 Å². The van der Waals surface area contributed by atoms with Gasteiger partial charge in [-0.05, 0) is 70.6 Å². The third-order valence-corrected chi connectivity index (χ3v) is 7.70. The second-order valence-electron chi connectivity index (χ2n) is 9.25. The summed E-state index contributed by atoms with van der Waals surface area (Å²) in [7, 11) is 0. The van der Waals surface area contributed by atoms with E-state index >= 15 is 0 Å². The normalized spacial score (nSPS) is 30.0. The maximum Gasteiger partial charge on any atom is 0.0276 e. The van der Waals surface area contributed by atoms with E-state index in [2.05, 4.69) is 25.8 Å². The average molecular weight is 364 g/mol. The highest BCUT2D eigenvalue weighted by atomic mass is 15.2. The van der Waals surface area contributed by atoms with Gasteiger partial charge in [-0.1, -0.05) is 6.42 Å². The number of hydrogen-bond donors (Lipinski definition) is 3. The lowest BCUT2D eigenvalue weighted by atomic mass is 9.68. The molecule has 4 aliphatic heterocycles. The molecule has 3 N–H and O–H groups in total. The number of piperazine rings is 1. The predicted octanol–water partition coefficient (Wildman–Crippen LogP) is 1.12. The van der Waals surface area contributed by atoms with Crippen LogP contribution in [0.1, 0.15) is 44.9 Å². The van der Waals surface area contributed by atoms with Gasteiger partial charge in [0.1, 0.15) is 0 Å². The molecule has 26 heavy (non-hydrogen) atoms.